The van der Waals surface area contributed by atoms with Crippen molar-refractivity contribution in [2.45, 2.75) is 31.0 Å². The van der Waals surface area contributed by atoms with Crippen LogP contribution in [0.15, 0.2) is 54.6 Å². The first kappa shape index (κ1) is 18.0. The largest absolute Gasteiger partial charge is 0.279 e. The van der Waals surface area contributed by atoms with Crippen LogP contribution in [0.2, 0.25) is 0 Å². The van der Waals surface area contributed by atoms with Crippen LogP contribution in [0.25, 0.3) is 11.1 Å². The van der Waals surface area contributed by atoms with Crippen LogP contribution in [0.1, 0.15) is 24.8 Å². The molecule has 25 heavy (non-hydrogen) atoms. The van der Waals surface area contributed by atoms with Crippen molar-refractivity contribution < 1.29 is 12.8 Å². The molecular weight excluding hydrogens is 339 g/mol. The van der Waals surface area contributed by atoms with Crippen LogP contribution >= 0.6 is 0 Å². The number of nitrogens with one attached hydrogen (secondary N) is 1. The molecule has 0 amide bonds. The first-order valence-corrected chi connectivity index (χ1v) is 9.81. The van der Waals surface area contributed by atoms with E-state index < -0.39 is 21.9 Å². The summed E-state index contributed by atoms with van der Waals surface area (Å²) in [4.78, 5) is 0. The summed E-state index contributed by atoms with van der Waals surface area (Å²) in [7, 11) is -0.796. The molecule has 0 aromatic heterocycles. The summed E-state index contributed by atoms with van der Waals surface area (Å²) in [6.07, 6.45) is 1.46. The van der Waals surface area contributed by atoms with E-state index in [1.807, 2.05) is 42.5 Å². The van der Waals surface area contributed by atoms with Gasteiger partial charge in [0.15, 0.2) is 5.67 Å². The highest BCUT2D eigenvalue weighted by Gasteiger charge is 2.46. The molecule has 1 aliphatic carbocycles. The highest BCUT2D eigenvalue weighted by Crippen LogP contribution is 2.43. The number of hydrogen-bond donors (Lipinski definition) is 1. The lowest BCUT2D eigenvalue weighted by Gasteiger charge is -2.29. The van der Waals surface area contributed by atoms with Gasteiger partial charge in [0.25, 0.3) is 10.2 Å². The van der Waals surface area contributed by atoms with Crippen LogP contribution < -0.4 is 4.72 Å². The third-order valence-corrected chi connectivity index (χ3v) is 6.37. The van der Waals surface area contributed by atoms with Gasteiger partial charge in [0.1, 0.15) is 0 Å². The fourth-order valence-electron chi connectivity index (χ4n) is 3.32. The fraction of sp³-hybridized carbons (Fsp3) is 0.368. The van der Waals surface area contributed by atoms with Crippen LogP contribution in [-0.2, 0) is 15.9 Å². The van der Waals surface area contributed by atoms with E-state index in [1.165, 1.54) is 14.1 Å². The number of benzene rings is 2. The van der Waals surface area contributed by atoms with E-state index in [0.717, 1.165) is 15.4 Å². The molecule has 2 aromatic rings. The van der Waals surface area contributed by atoms with Gasteiger partial charge in [-0.15, -0.1) is 0 Å². The van der Waals surface area contributed by atoms with Gasteiger partial charge in [-0.1, -0.05) is 54.6 Å². The van der Waals surface area contributed by atoms with Gasteiger partial charge in [-0.2, -0.15) is 17.4 Å². The van der Waals surface area contributed by atoms with E-state index in [1.54, 1.807) is 12.1 Å². The summed E-state index contributed by atoms with van der Waals surface area (Å²) in [5.41, 5.74) is 0.920. The Morgan fingerprint density at radius 3 is 2.24 bits per heavy atom. The van der Waals surface area contributed by atoms with Crippen LogP contribution in [0.5, 0.6) is 0 Å². The zero-order valence-corrected chi connectivity index (χ0v) is 15.3. The van der Waals surface area contributed by atoms with Gasteiger partial charge in [-0.25, -0.2) is 4.39 Å². The predicted octanol–water partition coefficient (Wildman–Crippen LogP) is 3.47. The molecule has 4 nitrogen and oxygen atoms in total. The summed E-state index contributed by atoms with van der Waals surface area (Å²) in [5.74, 6) is 0. The van der Waals surface area contributed by atoms with E-state index in [0.29, 0.717) is 24.8 Å². The maximum absolute atomic E-state index is 15.7. The zero-order valence-electron chi connectivity index (χ0n) is 14.4. The predicted molar refractivity (Wildman–Crippen MR) is 98.0 cm³/mol. The second kappa shape index (κ2) is 6.86. The molecule has 2 atom stereocenters. The van der Waals surface area contributed by atoms with Crippen LogP contribution in [0, 0.1) is 0 Å². The third kappa shape index (κ3) is 3.61. The van der Waals surface area contributed by atoms with E-state index in [9.17, 15) is 8.42 Å². The Hall–Kier alpha value is -1.76. The molecule has 0 bridgehead atoms. The topological polar surface area (TPSA) is 49.4 Å². The van der Waals surface area contributed by atoms with Crippen molar-refractivity contribution in [1.29, 1.82) is 0 Å². The van der Waals surface area contributed by atoms with E-state index in [2.05, 4.69) is 4.72 Å². The smallest absolute Gasteiger partial charge is 0.237 e. The molecule has 1 saturated carbocycles. The van der Waals surface area contributed by atoms with Crippen molar-refractivity contribution in [3.63, 3.8) is 0 Å². The number of rotatable bonds is 5. The Labute approximate surface area is 148 Å². The lowest BCUT2D eigenvalue weighted by Crippen LogP contribution is -2.48. The van der Waals surface area contributed by atoms with E-state index in [-0.39, 0.29) is 0 Å². The van der Waals surface area contributed by atoms with Gasteiger partial charge in [-0.05, 0) is 36.0 Å². The molecule has 1 N–H and O–H groups in total. The number of halogens is 1. The van der Waals surface area contributed by atoms with Crippen LogP contribution in [0.3, 0.4) is 0 Å². The molecule has 3 rings (SSSR count). The minimum atomic E-state index is -3.67. The molecule has 0 aliphatic heterocycles. The Balaban J connectivity index is 1.86. The quantitative estimate of drug-likeness (QED) is 0.885. The lowest BCUT2D eigenvalue weighted by molar-refractivity contribution is 0.141. The van der Waals surface area contributed by atoms with Gasteiger partial charge >= 0.3 is 0 Å². The molecule has 0 heterocycles. The van der Waals surface area contributed by atoms with E-state index >= 15 is 4.39 Å². The van der Waals surface area contributed by atoms with Crippen LogP contribution in [0.4, 0.5) is 4.39 Å². The van der Waals surface area contributed by atoms with Gasteiger partial charge < -0.3 is 0 Å². The molecular formula is C19H23FN2O2S. The minimum absolute atomic E-state index is 0.318. The maximum atomic E-state index is 15.7. The first-order valence-electron chi connectivity index (χ1n) is 8.37. The minimum Gasteiger partial charge on any atom is -0.237 e. The Morgan fingerprint density at radius 1 is 1.04 bits per heavy atom. The summed E-state index contributed by atoms with van der Waals surface area (Å²) >= 11 is 0. The number of hydrogen-bond acceptors (Lipinski definition) is 2. The second-order valence-electron chi connectivity index (χ2n) is 6.66. The SMILES string of the molecule is CN(C)S(=O)(=O)N[C@@H]1CCC[C@@]1(F)c1ccc(-c2ccccc2)cc1. The van der Waals surface area contributed by atoms with Gasteiger partial charge in [0.05, 0.1) is 6.04 Å². The monoisotopic (exact) mass is 362 g/mol. The first-order chi connectivity index (χ1) is 11.8. The zero-order chi connectivity index (χ0) is 18.1. The average Bonchev–Trinajstić information content (AvgIpc) is 2.97. The van der Waals surface area contributed by atoms with Gasteiger partial charge in [0, 0.05) is 14.1 Å². The van der Waals surface area contributed by atoms with Crippen molar-refractivity contribution in [2.24, 2.45) is 0 Å². The highest BCUT2D eigenvalue weighted by atomic mass is 32.2. The van der Waals surface area contributed by atoms with Crippen molar-refractivity contribution in [1.82, 2.24) is 9.03 Å². The lowest BCUT2D eigenvalue weighted by atomic mass is 9.90. The Morgan fingerprint density at radius 2 is 1.64 bits per heavy atom. The third-order valence-electron chi connectivity index (χ3n) is 4.83. The Bertz CT molecular complexity index is 822. The van der Waals surface area contributed by atoms with Crippen molar-refractivity contribution in [3.05, 3.63) is 60.2 Å². The van der Waals surface area contributed by atoms with Crippen LogP contribution in [-0.4, -0.2) is 32.9 Å². The van der Waals surface area contributed by atoms with Crippen molar-refractivity contribution in [2.75, 3.05) is 14.1 Å². The second-order valence-corrected chi connectivity index (χ2v) is 8.57. The molecule has 1 aliphatic rings. The molecule has 0 unspecified atom stereocenters. The van der Waals surface area contributed by atoms with Gasteiger partial charge in [0.2, 0.25) is 0 Å². The molecule has 6 heteroatoms. The summed E-state index contributed by atoms with van der Waals surface area (Å²) < 4.78 is 43.5. The normalized spacial score (nSPS) is 23.9. The molecule has 0 saturated heterocycles. The summed E-state index contributed by atoms with van der Waals surface area (Å²) in [6, 6.07) is 16.5. The summed E-state index contributed by atoms with van der Waals surface area (Å²) in [5, 5.41) is 0. The molecule has 0 radical (unpaired) electrons. The average molecular weight is 362 g/mol. The fourth-order valence-corrected chi connectivity index (χ4v) is 4.19. The molecule has 134 valence electrons. The van der Waals surface area contributed by atoms with E-state index in [4.69, 9.17) is 0 Å². The highest BCUT2D eigenvalue weighted by molar-refractivity contribution is 7.87. The summed E-state index contributed by atoms with van der Waals surface area (Å²) in [6.45, 7) is 0. The number of alkyl halides is 1. The molecule has 0 spiro atoms. The van der Waals surface area contributed by atoms with Crippen molar-refractivity contribution >= 4 is 10.2 Å². The Kier molecular flexibility index (Phi) is 4.95. The standard InChI is InChI=1S/C19H23FN2O2S/c1-22(2)25(23,24)21-18-9-6-14-19(18,20)17-12-10-16(11-13-17)15-7-4-3-5-8-15/h3-5,7-8,10-13,18,21H,6,9,14H2,1-2H3/t18-,19-/m1/s1. The number of nitrogens with zero attached hydrogens (tertiary/aromatic N) is 1. The molecule has 1 fully saturated rings. The molecule has 2 aromatic carbocycles. The maximum Gasteiger partial charge on any atom is 0.279 e. The van der Waals surface area contributed by atoms with Gasteiger partial charge in [-0.3, -0.25) is 0 Å². The van der Waals surface area contributed by atoms with Crippen molar-refractivity contribution in [3.8, 4) is 11.1 Å².